The van der Waals surface area contributed by atoms with Gasteiger partial charge >= 0.3 is 0 Å². The smallest absolute Gasteiger partial charge is 0.0126 e. The Hall–Kier alpha value is -0.0400. The Kier molecular flexibility index (Phi) is 1.49. The van der Waals surface area contributed by atoms with Crippen LogP contribution in [0.4, 0.5) is 0 Å². The zero-order chi connectivity index (χ0) is 9.28. The van der Waals surface area contributed by atoms with Crippen LogP contribution in [0, 0.1) is 35.5 Å². The molecular formula is C13H21N. The second-order valence-electron chi connectivity index (χ2n) is 6.22. The van der Waals surface area contributed by atoms with Gasteiger partial charge in [-0.1, -0.05) is 0 Å². The van der Waals surface area contributed by atoms with Crippen molar-refractivity contribution in [2.75, 3.05) is 7.05 Å². The highest BCUT2D eigenvalue weighted by Crippen LogP contribution is 2.71. The van der Waals surface area contributed by atoms with E-state index in [2.05, 4.69) is 12.4 Å². The van der Waals surface area contributed by atoms with E-state index in [1.807, 2.05) is 0 Å². The summed E-state index contributed by atoms with van der Waals surface area (Å²) in [4.78, 5) is 0. The van der Waals surface area contributed by atoms with Crippen LogP contribution < -0.4 is 5.32 Å². The number of hydrogen-bond acceptors (Lipinski definition) is 1. The molecule has 14 heavy (non-hydrogen) atoms. The first-order chi connectivity index (χ1) is 6.90. The molecule has 1 N–H and O–H groups in total. The Morgan fingerprint density at radius 2 is 1.64 bits per heavy atom. The van der Waals surface area contributed by atoms with Gasteiger partial charge in [0.2, 0.25) is 0 Å². The molecular weight excluding hydrogens is 170 g/mol. The molecule has 0 aliphatic heterocycles. The van der Waals surface area contributed by atoms with Gasteiger partial charge in [-0.15, -0.1) is 0 Å². The average Bonchev–Trinajstić information content (AvgIpc) is 3.10. The number of fused-ring (bicyclic) bond motifs is 5. The molecule has 0 radical (unpaired) electrons. The first kappa shape index (κ1) is 8.15. The van der Waals surface area contributed by atoms with Gasteiger partial charge < -0.3 is 5.32 Å². The van der Waals surface area contributed by atoms with Gasteiger partial charge in [0, 0.05) is 6.04 Å². The lowest BCUT2D eigenvalue weighted by molar-refractivity contribution is 0.352. The lowest BCUT2D eigenvalue weighted by Crippen LogP contribution is -2.32. The second kappa shape index (κ2) is 2.55. The largest absolute Gasteiger partial charge is 0.316 e. The molecule has 2 bridgehead atoms. The van der Waals surface area contributed by atoms with E-state index in [0.717, 1.165) is 29.7 Å². The summed E-state index contributed by atoms with van der Waals surface area (Å²) in [6.07, 6.45) is 7.77. The summed E-state index contributed by atoms with van der Waals surface area (Å²) < 4.78 is 0. The summed E-state index contributed by atoms with van der Waals surface area (Å²) in [7, 11) is 2.19. The number of hydrogen-bond donors (Lipinski definition) is 1. The van der Waals surface area contributed by atoms with Gasteiger partial charge in [-0.05, 0) is 74.7 Å². The molecule has 4 aliphatic carbocycles. The number of rotatable bonds is 3. The minimum Gasteiger partial charge on any atom is -0.316 e. The van der Waals surface area contributed by atoms with Crippen LogP contribution in [0.5, 0.6) is 0 Å². The SMILES string of the molecule is CNC(C1CC1)C1C2C3CCC(C3)C21. The van der Waals surface area contributed by atoms with Crippen molar-refractivity contribution in [1.29, 1.82) is 0 Å². The summed E-state index contributed by atoms with van der Waals surface area (Å²) in [5.41, 5.74) is 0. The highest BCUT2D eigenvalue weighted by Gasteiger charge is 2.67. The van der Waals surface area contributed by atoms with E-state index in [1.54, 1.807) is 19.3 Å². The van der Waals surface area contributed by atoms with Gasteiger partial charge in [-0.25, -0.2) is 0 Å². The molecule has 0 amide bonds. The molecule has 78 valence electrons. The molecule has 1 nitrogen and oxygen atoms in total. The van der Waals surface area contributed by atoms with E-state index >= 15 is 0 Å². The predicted molar refractivity (Wildman–Crippen MR) is 56.9 cm³/mol. The Morgan fingerprint density at radius 1 is 1.00 bits per heavy atom. The van der Waals surface area contributed by atoms with Gasteiger partial charge in [0.05, 0.1) is 0 Å². The van der Waals surface area contributed by atoms with Gasteiger partial charge in [-0.2, -0.15) is 0 Å². The van der Waals surface area contributed by atoms with Gasteiger partial charge in [0.1, 0.15) is 0 Å². The molecule has 0 saturated heterocycles. The maximum Gasteiger partial charge on any atom is 0.0126 e. The van der Waals surface area contributed by atoms with Crippen LogP contribution in [0.25, 0.3) is 0 Å². The maximum absolute atomic E-state index is 3.62. The summed E-state index contributed by atoms with van der Waals surface area (Å²) >= 11 is 0. The molecule has 0 aromatic rings. The van der Waals surface area contributed by atoms with Crippen molar-refractivity contribution < 1.29 is 0 Å². The Bertz CT molecular complexity index is 242. The van der Waals surface area contributed by atoms with E-state index in [0.29, 0.717) is 0 Å². The van der Waals surface area contributed by atoms with Gasteiger partial charge in [0.25, 0.3) is 0 Å². The van der Waals surface area contributed by atoms with Gasteiger partial charge in [-0.3, -0.25) is 0 Å². The van der Waals surface area contributed by atoms with Crippen molar-refractivity contribution in [3.63, 3.8) is 0 Å². The van der Waals surface area contributed by atoms with E-state index in [-0.39, 0.29) is 0 Å². The molecule has 0 heterocycles. The summed E-state index contributed by atoms with van der Waals surface area (Å²) in [6, 6.07) is 0.911. The summed E-state index contributed by atoms with van der Waals surface area (Å²) in [5.74, 6) is 6.83. The minimum atomic E-state index is 0.911. The molecule has 5 atom stereocenters. The Labute approximate surface area is 86.6 Å². The van der Waals surface area contributed by atoms with Crippen LogP contribution in [0.15, 0.2) is 0 Å². The first-order valence-electron chi connectivity index (χ1n) is 6.57. The molecule has 5 unspecified atom stereocenters. The molecule has 0 aromatic carbocycles. The van der Waals surface area contributed by atoms with E-state index in [1.165, 1.54) is 24.7 Å². The van der Waals surface area contributed by atoms with E-state index in [4.69, 9.17) is 0 Å². The third kappa shape index (κ3) is 0.900. The maximum atomic E-state index is 3.62. The van der Waals surface area contributed by atoms with Crippen LogP contribution in [-0.4, -0.2) is 13.1 Å². The predicted octanol–water partition coefficient (Wildman–Crippen LogP) is 2.28. The zero-order valence-electron chi connectivity index (χ0n) is 9.08. The van der Waals surface area contributed by atoms with Crippen molar-refractivity contribution in [1.82, 2.24) is 5.32 Å². The number of nitrogens with one attached hydrogen (secondary N) is 1. The van der Waals surface area contributed by atoms with Crippen molar-refractivity contribution in [3.05, 3.63) is 0 Å². The summed E-state index contributed by atoms with van der Waals surface area (Å²) in [5, 5.41) is 3.62. The lowest BCUT2D eigenvalue weighted by Gasteiger charge is -2.19. The van der Waals surface area contributed by atoms with Crippen LogP contribution in [-0.2, 0) is 0 Å². The fourth-order valence-electron chi connectivity index (χ4n) is 5.07. The van der Waals surface area contributed by atoms with Gasteiger partial charge in [0.15, 0.2) is 0 Å². The minimum absolute atomic E-state index is 0.911. The lowest BCUT2D eigenvalue weighted by atomic mass is 9.95. The molecule has 0 aromatic heterocycles. The van der Waals surface area contributed by atoms with Crippen molar-refractivity contribution >= 4 is 0 Å². The van der Waals surface area contributed by atoms with Crippen LogP contribution in [0.1, 0.15) is 32.1 Å². The quantitative estimate of drug-likeness (QED) is 0.721. The molecule has 4 aliphatic rings. The van der Waals surface area contributed by atoms with Crippen molar-refractivity contribution in [3.8, 4) is 0 Å². The highest BCUT2D eigenvalue weighted by atomic mass is 14.9. The van der Waals surface area contributed by atoms with Crippen molar-refractivity contribution in [2.24, 2.45) is 35.5 Å². The topological polar surface area (TPSA) is 12.0 Å². The van der Waals surface area contributed by atoms with E-state index < -0.39 is 0 Å². The zero-order valence-corrected chi connectivity index (χ0v) is 9.08. The Balaban J connectivity index is 1.53. The standard InChI is InChI=1S/C13H21N/c1-14-13(7-2-3-7)12-10-8-4-5-9(6-8)11(10)12/h7-14H,2-6H2,1H3. The van der Waals surface area contributed by atoms with Crippen LogP contribution in [0.3, 0.4) is 0 Å². The fourth-order valence-corrected chi connectivity index (χ4v) is 5.07. The molecule has 4 fully saturated rings. The first-order valence-corrected chi connectivity index (χ1v) is 6.57. The molecule has 1 heteroatoms. The van der Waals surface area contributed by atoms with Crippen LogP contribution >= 0.6 is 0 Å². The second-order valence-corrected chi connectivity index (χ2v) is 6.22. The molecule has 0 spiro atoms. The monoisotopic (exact) mass is 191 g/mol. The average molecular weight is 191 g/mol. The Morgan fingerprint density at radius 3 is 2.14 bits per heavy atom. The third-order valence-corrected chi connectivity index (χ3v) is 5.67. The normalized spacial score (nSPS) is 55.9. The third-order valence-electron chi connectivity index (χ3n) is 5.67. The fraction of sp³-hybridized carbons (Fsp3) is 1.00. The molecule has 4 rings (SSSR count). The van der Waals surface area contributed by atoms with Crippen LogP contribution in [0.2, 0.25) is 0 Å². The summed E-state index contributed by atoms with van der Waals surface area (Å²) in [6.45, 7) is 0. The van der Waals surface area contributed by atoms with E-state index in [9.17, 15) is 0 Å². The van der Waals surface area contributed by atoms with Crippen molar-refractivity contribution in [2.45, 2.75) is 38.1 Å². The molecule has 4 saturated carbocycles. The highest BCUT2D eigenvalue weighted by molar-refractivity contribution is 5.17.